The van der Waals surface area contributed by atoms with Crippen molar-refractivity contribution in [3.05, 3.63) is 29.8 Å². The Balaban J connectivity index is 2.09. The molecule has 0 heterocycles. The summed E-state index contributed by atoms with van der Waals surface area (Å²) in [7, 11) is 0. The lowest BCUT2D eigenvalue weighted by Crippen LogP contribution is -2.13. The van der Waals surface area contributed by atoms with E-state index in [0.29, 0.717) is 18.8 Å². The van der Waals surface area contributed by atoms with Gasteiger partial charge in [-0.1, -0.05) is 13.3 Å². The van der Waals surface area contributed by atoms with Gasteiger partial charge in [-0.05, 0) is 30.7 Å². The van der Waals surface area contributed by atoms with Gasteiger partial charge in [-0.3, -0.25) is 4.79 Å². The Hall–Kier alpha value is -2.12. The molecular weight excluding hydrogens is 326 g/mol. The number of carboxylic acid groups (broad SMARTS) is 1. The number of unbranched alkanes of at least 4 members (excludes halogenated alkanes) is 1. The molecule has 0 aliphatic rings. The second kappa shape index (κ2) is 13.2. The van der Waals surface area contributed by atoms with E-state index in [9.17, 15) is 9.59 Å². The van der Waals surface area contributed by atoms with Crippen LogP contribution in [-0.2, 0) is 19.0 Å². The van der Waals surface area contributed by atoms with E-state index >= 15 is 0 Å². The van der Waals surface area contributed by atoms with Crippen LogP contribution in [0.15, 0.2) is 24.3 Å². The van der Waals surface area contributed by atoms with Crippen LogP contribution in [0.3, 0.4) is 0 Å². The number of rotatable bonds is 14. The fourth-order valence-corrected chi connectivity index (χ4v) is 1.89. The van der Waals surface area contributed by atoms with Crippen LogP contribution >= 0.6 is 0 Å². The Morgan fingerprint density at radius 3 is 2.28 bits per heavy atom. The molecule has 0 amide bonds. The molecule has 0 spiro atoms. The minimum absolute atomic E-state index is 0.0233. The standard InChI is InChI=1S/C18H27NO6/c1-2-3-9-19-16-6-4-15(5-7-16)18(22)25-14-13-24-12-11-23-10-8-17(20)21/h4-7,19H,2-3,8-14H2,1H3,(H,20,21). The van der Waals surface area contributed by atoms with E-state index < -0.39 is 5.97 Å². The van der Waals surface area contributed by atoms with Crippen LogP contribution in [0.1, 0.15) is 36.5 Å². The zero-order valence-corrected chi connectivity index (χ0v) is 14.7. The molecule has 0 unspecified atom stereocenters. The first kappa shape index (κ1) is 20.9. The molecular formula is C18H27NO6. The van der Waals surface area contributed by atoms with Gasteiger partial charge in [0.25, 0.3) is 0 Å². The van der Waals surface area contributed by atoms with E-state index in [1.807, 2.05) is 12.1 Å². The summed E-state index contributed by atoms with van der Waals surface area (Å²) >= 11 is 0. The Morgan fingerprint density at radius 1 is 1.00 bits per heavy atom. The maximum absolute atomic E-state index is 11.9. The van der Waals surface area contributed by atoms with Crippen molar-refractivity contribution >= 4 is 17.6 Å². The predicted octanol–water partition coefficient (Wildman–Crippen LogP) is 2.56. The maximum atomic E-state index is 11.9. The molecule has 1 aromatic carbocycles. The van der Waals surface area contributed by atoms with Gasteiger partial charge in [0.05, 0.1) is 38.4 Å². The van der Waals surface area contributed by atoms with Gasteiger partial charge < -0.3 is 24.6 Å². The topological polar surface area (TPSA) is 94.1 Å². The van der Waals surface area contributed by atoms with Gasteiger partial charge in [0, 0.05) is 12.2 Å². The zero-order chi connectivity index (χ0) is 18.3. The first-order chi connectivity index (χ1) is 12.1. The van der Waals surface area contributed by atoms with Gasteiger partial charge in [-0.15, -0.1) is 0 Å². The van der Waals surface area contributed by atoms with Crippen molar-refractivity contribution in [3.63, 3.8) is 0 Å². The SMILES string of the molecule is CCCCNc1ccc(C(=O)OCCOCCOCCC(=O)O)cc1. The Labute approximate surface area is 148 Å². The number of nitrogens with one attached hydrogen (secondary N) is 1. The number of carbonyl (C=O) groups is 2. The first-order valence-electron chi connectivity index (χ1n) is 8.51. The highest BCUT2D eigenvalue weighted by Gasteiger charge is 2.06. The first-order valence-corrected chi connectivity index (χ1v) is 8.51. The number of carboxylic acids is 1. The molecule has 0 radical (unpaired) electrons. The molecule has 0 bridgehead atoms. The summed E-state index contributed by atoms with van der Waals surface area (Å²) in [5.74, 6) is -1.28. The zero-order valence-electron chi connectivity index (χ0n) is 14.7. The van der Waals surface area contributed by atoms with Gasteiger partial charge in [0.1, 0.15) is 6.61 Å². The van der Waals surface area contributed by atoms with E-state index in [1.54, 1.807) is 12.1 Å². The number of aliphatic carboxylic acids is 1. The van der Waals surface area contributed by atoms with Crippen LogP contribution in [0.5, 0.6) is 0 Å². The predicted molar refractivity (Wildman–Crippen MR) is 94.0 cm³/mol. The second-order valence-corrected chi connectivity index (χ2v) is 5.36. The summed E-state index contributed by atoms with van der Waals surface area (Å²) in [6.45, 7) is 4.28. The fraction of sp³-hybridized carbons (Fsp3) is 0.556. The van der Waals surface area contributed by atoms with Crippen LogP contribution < -0.4 is 5.32 Å². The fourth-order valence-electron chi connectivity index (χ4n) is 1.89. The van der Waals surface area contributed by atoms with Gasteiger partial charge in [-0.25, -0.2) is 4.79 Å². The van der Waals surface area contributed by atoms with Crippen LogP contribution in [0.2, 0.25) is 0 Å². The molecule has 140 valence electrons. The highest BCUT2D eigenvalue weighted by atomic mass is 16.6. The number of hydrogen-bond donors (Lipinski definition) is 2. The van der Waals surface area contributed by atoms with Crippen molar-refractivity contribution in [2.75, 3.05) is 44.9 Å². The van der Waals surface area contributed by atoms with Crippen molar-refractivity contribution < 1.29 is 28.9 Å². The molecule has 25 heavy (non-hydrogen) atoms. The highest BCUT2D eigenvalue weighted by molar-refractivity contribution is 5.89. The quantitative estimate of drug-likeness (QED) is 0.392. The molecule has 0 aliphatic heterocycles. The number of benzene rings is 1. The summed E-state index contributed by atoms with van der Waals surface area (Å²) in [6.07, 6.45) is 2.22. The van der Waals surface area contributed by atoms with Gasteiger partial charge in [0.2, 0.25) is 0 Å². The van der Waals surface area contributed by atoms with E-state index in [4.69, 9.17) is 19.3 Å². The molecule has 1 rings (SSSR count). The Morgan fingerprint density at radius 2 is 1.64 bits per heavy atom. The van der Waals surface area contributed by atoms with Crippen LogP contribution in [0.4, 0.5) is 5.69 Å². The third kappa shape index (κ3) is 10.4. The van der Waals surface area contributed by atoms with E-state index in [0.717, 1.165) is 25.1 Å². The van der Waals surface area contributed by atoms with E-state index in [1.165, 1.54) is 0 Å². The van der Waals surface area contributed by atoms with Crippen LogP contribution in [0, 0.1) is 0 Å². The van der Waals surface area contributed by atoms with Crippen molar-refractivity contribution in [2.45, 2.75) is 26.2 Å². The van der Waals surface area contributed by atoms with Gasteiger partial charge in [0.15, 0.2) is 0 Å². The lowest BCUT2D eigenvalue weighted by atomic mass is 10.2. The largest absolute Gasteiger partial charge is 0.481 e. The monoisotopic (exact) mass is 353 g/mol. The Bertz CT molecular complexity index is 503. The summed E-state index contributed by atoms with van der Waals surface area (Å²) < 4.78 is 15.4. The second-order valence-electron chi connectivity index (χ2n) is 5.36. The number of hydrogen-bond acceptors (Lipinski definition) is 6. The van der Waals surface area contributed by atoms with Crippen LogP contribution in [0.25, 0.3) is 0 Å². The molecule has 0 saturated carbocycles. The van der Waals surface area contributed by atoms with E-state index in [2.05, 4.69) is 12.2 Å². The smallest absolute Gasteiger partial charge is 0.338 e. The van der Waals surface area contributed by atoms with Crippen molar-refractivity contribution in [1.82, 2.24) is 0 Å². The third-order valence-electron chi connectivity index (χ3n) is 3.27. The molecule has 0 atom stereocenters. The molecule has 0 aromatic heterocycles. The Kier molecular flexibility index (Phi) is 11.0. The number of anilines is 1. The summed E-state index contributed by atoms with van der Waals surface area (Å²) in [6, 6.07) is 7.18. The summed E-state index contributed by atoms with van der Waals surface area (Å²) in [4.78, 5) is 22.1. The normalized spacial score (nSPS) is 10.4. The molecule has 7 heteroatoms. The minimum atomic E-state index is -0.891. The summed E-state index contributed by atoms with van der Waals surface area (Å²) in [5, 5.41) is 11.7. The lowest BCUT2D eigenvalue weighted by Gasteiger charge is -2.08. The average molecular weight is 353 g/mol. The number of ether oxygens (including phenoxy) is 3. The molecule has 7 nitrogen and oxygen atoms in total. The number of carbonyl (C=O) groups excluding carboxylic acids is 1. The van der Waals surface area contributed by atoms with Crippen molar-refractivity contribution in [1.29, 1.82) is 0 Å². The maximum Gasteiger partial charge on any atom is 0.338 e. The molecule has 1 aromatic rings. The molecule has 2 N–H and O–H groups in total. The number of esters is 1. The van der Waals surface area contributed by atoms with Gasteiger partial charge in [-0.2, -0.15) is 0 Å². The van der Waals surface area contributed by atoms with Gasteiger partial charge >= 0.3 is 11.9 Å². The van der Waals surface area contributed by atoms with Crippen molar-refractivity contribution in [3.8, 4) is 0 Å². The van der Waals surface area contributed by atoms with Crippen molar-refractivity contribution in [2.24, 2.45) is 0 Å². The lowest BCUT2D eigenvalue weighted by molar-refractivity contribution is -0.138. The molecule has 0 saturated heterocycles. The third-order valence-corrected chi connectivity index (χ3v) is 3.27. The molecule has 0 fully saturated rings. The minimum Gasteiger partial charge on any atom is -0.481 e. The average Bonchev–Trinajstić information content (AvgIpc) is 2.60. The summed E-state index contributed by atoms with van der Waals surface area (Å²) in [5.41, 5.74) is 1.48. The van der Waals surface area contributed by atoms with Crippen LogP contribution in [-0.4, -0.2) is 56.6 Å². The highest BCUT2D eigenvalue weighted by Crippen LogP contribution is 2.10. The van der Waals surface area contributed by atoms with E-state index in [-0.39, 0.29) is 32.2 Å². The molecule has 0 aliphatic carbocycles.